The van der Waals surface area contributed by atoms with Gasteiger partial charge in [0.1, 0.15) is 0 Å². The summed E-state index contributed by atoms with van der Waals surface area (Å²) in [5.41, 5.74) is 2.31. The van der Waals surface area contributed by atoms with E-state index >= 15 is 0 Å². The van der Waals surface area contributed by atoms with E-state index in [0.29, 0.717) is 6.54 Å². The van der Waals surface area contributed by atoms with Crippen molar-refractivity contribution in [3.05, 3.63) is 28.2 Å². The summed E-state index contributed by atoms with van der Waals surface area (Å²) in [5.74, 6) is 0.462. The Balaban J connectivity index is 2.39. The predicted molar refractivity (Wildman–Crippen MR) is 87.1 cm³/mol. The predicted octanol–water partition coefficient (Wildman–Crippen LogP) is 2.35. The summed E-state index contributed by atoms with van der Waals surface area (Å²) in [6.45, 7) is 4.65. The molecule has 1 aromatic rings. The van der Waals surface area contributed by atoms with Crippen molar-refractivity contribution in [3.8, 4) is 0 Å². The average Bonchev–Trinajstić information content (AvgIpc) is 2.36. The van der Waals surface area contributed by atoms with Gasteiger partial charge in [0.2, 0.25) is 0 Å². The number of nitrogens with zero attached hydrogens (tertiary/aromatic N) is 1. The Bertz CT molecular complexity index is 589. The van der Waals surface area contributed by atoms with Crippen LogP contribution in [0.2, 0.25) is 0 Å². The van der Waals surface area contributed by atoms with Gasteiger partial charge in [0, 0.05) is 28.8 Å². The highest BCUT2D eigenvalue weighted by Gasteiger charge is 2.30. The summed E-state index contributed by atoms with van der Waals surface area (Å²) in [7, 11) is -0.960. The van der Waals surface area contributed by atoms with E-state index in [-0.39, 0.29) is 23.6 Å². The summed E-state index contributed by atoms with van der Waals surface area (Å²) < 4.78 is 24.5. The van der Waals surface area contributed by atoms with Crippen LogP contribution in [0.25, 0.3) is 0 Å². The second-order valence-electron chi connectivity index (χ2n) is 5.37. The maximum absolute atomic E-state index is 11.7. The fourth-order valence-electron chi connectivity index (χ4n) is 2.64. The molecule has 0 bridgehead atoms. The first-order valence-corrected chi connectivity index (χ1v) is 9.39. The van der Waals surface area contributed by atoms with E-state index in [1.165, 1.54) is 5.56 Å². The lowest BCUT2D eigenvalue weighted by Crippen LogP contribution is -2.47. The van der Waals surface area contributed by atoms with E-state index in [1.54, 1.807) is 0 Å². The van der Waals surface area contributed by atoms with Crippen LogP contribution in [0.3, 0.4) is 0 Å². The molecule has 2 unspecified atom stereocenters. The minimum Gasteiger partial charge on any atom is -0.366 e. The van der Waals surface area contributed by atoms with Gasteiger partial charge in [0.05, 0.1) is 11.5 Å². The molecule has 0 spiro atoms. The van der Waals surface area contributed by atoms with Gasteiger partial charge in [-0.25, -0.2) is 8.42 Å². The van der Waals surface area contributed by atoms with E-state index in [4.69, 9.17) is 0 Å². The molecule has 0 aromatic heterocycles. The molecule has 1 aliphatic heterocycles. The molecular weight excluding hydrogens is 340 g/mol. The zero-order valence-corrected chi connectivity index (χ0v) is 14.5. The van der Waals surface area contributed by atoms with Gasteiger partial charge in [0.25, 0.3) is 0 Å². The van der Waals surface area contributed by atoms with Gasteiger partial charge >= 0.3 is 0 Å². The van der Waals surface area contributed by atoms with E-state index in [9.17, 15) is 8.42 Å². The number of anilines is 1. The maximum atomic E-state index is 11.7. The summed E-state index contributed by atoms with van der Waals surface area (Å²) >= 11 is 3.51. The fourth-order valence-corrected chi connectivity index (χ4v) is 4.55. The van der Waals surface area contributed by atoms with Crippen molar-refractivity contribution in [2.75, 3.05) is 30.0 Å². The number of hydrogen-bond acceptors (Lipinski definition) is 4. The lowest BCUT2D eigenvalue weighted by Gasteiger charge is -2.37. The molecule has 1 saturated heterocycles. The summed E-state index contributed by atoms with van der Waals surface area (Å²) in [4.78, 5) is 2.20. The molecule has 6 heteroatoms. The van der Waals surface area contributed by atoms with E-state index in [0.717, 1.165) is 10.2 Å². The molecule has 1 fully saturated rings. The highest BCUT2D eigenvalue weighted by atomic mass is 79.9. The third-order valence-corrected chi connectivity index (χ3v) is 6.16. The Morgan fingerprint density at radius 1 is 1.45 bits per heavy atom. The molecule has 0 saturated carbocycles. The van der Waals surface area contributed by atoms with Crippen molar-refractivity contribution in [3.63, 3.8) is 0 Å². The summed E-state index contributed by atoms with van der Waals surface area (Å²) in [6, 6.07) is 6.43. The lowest BCUT2D eigenvalue weighted by molar-refractivity contribution is 0.566. The van der Waals surface area contributed by atoms with Crippen molar-refractivity contribution in [2.24, 2.45) is 0 Å². The third-order valence-electron chi connectivity index (χ3n) is 3.87. The third kappa shape index (κ3) is 3.35. The monoisotopic (exact) mass is 360 g/mol. The number of nitrogens with one attached hydrogen (secondary N) is 1. The molecule has 112 valence electrons. The largest absolute Gasteiger partial charge is 0.366 e. The molecular formula is C14H21BrN2O2S. The van der Waals surface area contributed by atoms with Gasteiger partial charge in [0.15, 0.2) is 9.84 Å². The van der Waals surface area contributed by atoms with Crippen LogP contribution in [0.1, 0.15) is 25.5 Å². The van der Waals surface area contributed by atoms with Crippen LogP contribution in [0.15, 0.2) is 22.7 Å². The van der Waals surface area contributed by atoms with Gasteiger partial charge in [-0.05, 0) is 38.6 Å². The Labute approximate surface area is 129 Å². The fraction of sp³-hybridized carbons (Fsp3) is 0.571. The molecule has 0 amide bonds. The van der Waals surface area contributed by atoms with Crippen LogP contribution in [0.5, 0.6) is 0 Å². The van der Waals surface area contributed by atoms with Crippen molar-refractivity contribution in [2.45, 2.75) is 25.9 Å². The Morgan fingerprint density at radius 3 is 2.75 bits per heavy atom. The minimum absolute atomic E-state index is 0.00542. The number of rotatable bonds is 3. The molecule has 2 atom stereocenters. The van der Waals surface area contributed by atoms with E-state index in [1.807, 2.05) is 20.0 Å². The van der Waals surface area contributed by atoms with Crippen LogP contribution in [-0.2, 0) is 9.84 Å². The van der Waals surface area contributed by atoms with Crippen LogP contribution in [0.4, 0.5) is 5.69 Å². The second kappa shape index (κ2) is 6.03. The second-order valence-corrected chi connectivity index (χ2v) is 8.51. The lowest BCUT2D eigenvalue weighted by atomic mass is 10.0. The zero-order valence-electron chi connectivity index (χ0n) is 12.1. The van der Waals surface area contributed by atoms with Crippen LogP contribution in [-0.4, -0.2) is 39.6 Å². The van der Waals surface area contributed by atoms with Crippen molar-refractivity contribution < 1.29 is 8.42 Å². The number of benzene rings is 1. The number of halogens is 1. The highest BCUT2D eigenvalue weighted by Crippen LogP contribution is 2.32. The first-order chi connectivity index (χ1) is 9.34. The Hall–Kier alpha value is -0.590. The number of hydrogen-bond donors (Lipinski definition) is 1. The zero-order chi connectivity index (χ0) is 14.9. The Kier molecular flexibility index (Phi) is 4.76. The molecule has 0 radical (unpaired) electrons. The minimum atomic E-state index is -2.89. The normalized spacial score (nSPS) is 23.6. The first kappa shape index (κ1) is 15.8. The van der Waals surface area contributed by atoms with Crippen LogP contribution < -0.4 is 10.2 Å². The standard InChI is InChI=1S/C14H21BrN2O2S/c1-10-9-20(18,19)7-6-17(10)14-8-12(15)4-5-13(14)11(2)16-3/h4-5,8,10-11,16H,6-7,9H2,1-3H3. The van der Waals surface area contributed by atoms with Gasteiger partial charge in [-0.15, -0.1) is 0 Å². The average molecular weight is 361 g/mol. The topological polar surface area (TPSA) is 49.4 Å². The van der Waals surface area contributed by atoms with Crippen molar-refractivity contribution in [1.82, 2.24) is 5.32 Å². The molecule has 1 N–H and O–H groups in total. The van der Waals surface area contributed by atoms with E-state index < -0.39 is 9.84 Å². The molecule has 4 nitrogen and oxygen atoms in total. The molecule has 20 heavy (non-hydrogen) atoms. The Morgan fingerprint density at radius 2 is 2.15 bits per heavy atom. The molecule has 2 rings (SSSR count). The van der Waals surface area contributed by atoms with Crippen LogP contribution >= 0.6 is 15.9 Å². The molecule has 1 aromatic carbocycles. The number of sulfone groups is 1. The van der Waals surface area contributed by atoms with Crippen LogP contribution in [0, 0.1) is 0 Å². The SMILES string of the molecule is CNC(C)c1ccc(Br)cc1N1CCS(=O)(=O)CC1C. The first-order valence-electron chi connectivity index (χ1n) is 6.78. The molecule has 0 aliphatic carbocycles. The van der Waals surface area contributed by atoms with E-state index in [2.05, 4.69) is 45.2 Å². The smallest absolute Gasteiger partial charge is 0.154 e. The molecule has 1 heterocycles. The van der Waals surface area contributed by atoms with Gasteiger partial charge < -0.3 is 10.2 Å². The summed E-state index contributed by atoms with van der Waals surface area (Å²) in [5, 5.41) is 3.25. The van der Waals surface area contributed by atoms with Gasteiger partial charge in [-0.2, -0.15) is 0 Å². The molecule has 1 aliphatic rings. The van der Waals surface area contributed by atoms with Crippen molar-refractivity contribution >= 4 is 31.5 Å². The van der Waals surface area contributed by atoms with Crippen molar-refractivity contribution in [1.29, 1.82) is 0 Å². The summed E-state index contributed by atoms with van der Waals surface area (Å²) in [6.07, 6.45) is 0. The quantitative estimate of drug-likeness (QED) is 0.898. The highest BCUT2D eigenvalue weighted by molar-refractivity contribution is 9.10. The maximum Gasteiger partial charge on any atom is 0.154 e. The van der Waals surface area contributed by atoms with Gasteiger partial charge in [-0.3, -0.25) is 0 Å². The van der Waals surface area contributed by atoms with Gasteiger partial charge in [-0.1, -0.05) is 22.0 Å².